The molecular weight excluding hydrogens is 304 g/mol. The summed E-state index contributed by atoms with van der Waals surface area (Å²) in [5, 5.41) is 3.66. The van der Waals surface area contributed by atoms with Gasteiger partial charge in [-0.2, -0.15) is 0 Å². The number of aromatic nitrogens is 1. The van der Waals surface area contributed by atoms with Gasteiger partial charge in [-0.05, 0) is 12.1 Å². The van der Waals surface area contributed by atoms with Gasteiger partial charge in [-0.1, -0.05) is 22.9 Å². The third-order valence-electron chi connectivity index (χ3n) is 2.58. The molecule has 0 saturated carbocycles. The highest BCUT2D eigenvalue weighted by Gasteiger charge is 2.18. The Morgan fingerprint density at radius 1 is 1.45 bits per heavy atom. The topological polar surface area (TPSA) is 69.7 Å². The molecule has 0 radical (unpaired) electrons. The molecule has 0 unspecified atom stereocenters. The van der Waals surface area contributed by atoms with Crippen molar-refractivity contribution in [1.29, 1.82) is 0 Å². The first-order chi connectivity index (χ1) is 9.67. The van der Waals surface area contributed by atoms with Crippen molar-refractivity contribution in [2.24, 2.45) is 0 Å². The van der Waals surface area contributed by atoms with Gasteiger partial charge in [0.05, 0.1) is 7.11 Å². The maximum atomic E-state index is 11.5. The van der Waals surface area contributed by atoms with Crippen LogP contribution in [-0.2, 0) is 4.74 Å². The summed E-state index contributed by atoms with van der Waals surface area (Å²) in [5.74, 6) is 0.847. The molecule has 0 spiro atoms. The first kappa shape index (κ1) is 13.0. The van der Waals surface area contributed by atoms with E-state index in [1.54, 1.807) is 12.1 Å². The predicted molar refractivity (Wildman–Crippen MR) is 74.3 cm³/mol. The molecule has 0 saturated heterocycles. The molecule has 0 amide bonds. The van der Waals surface area contributed by atoms with Gasteiger partial charge in [-0.3, -0.25) is 0 Å². The first-order valence-corrected chi connectivity index (χ1v) is 6.78. The Bertz CT molecular complexity index is 673. The fourth-order valence-corrected chi connectivity index (χ4v) is 2.79. The summed E-state index contributed by atoms with van der Waals surface area (Å²) >= 11 is 7.01. The number of anilines is 2. The second kappa shape index (κ2) is 5.18. The molecular formula is C12H9ClN2O4S. The minimum atomic E-state index is -0.508. The Morgan fingerprint density at radius 3 is 3.05 bits per heavy atom. The molecule has 104 valence electrons. The van der Waals surface area contributed by atoms with E-state index in [9.17, 15) is 4.79 Å². The number of benzene rings is 1. The van der Waals surface area contributed by atoms with Crippen LogP contribution >= 0.6 is 22.9 Å². The van der Waals surface area contributed by atoms with Gasteiger partial charge in [0.25, 0.3) is 0 Å². The second-order valence-corrected chi connectivity index (χ2v) is 5.18. The minimum absolute atomic E-state index is 0.116. The largest absolute Gasteiger partial charge is 0.465 e. The van der Waals surface area contributed by atoms with Gasteiger partial charge in [-0.15, -0.1) is 0 Å². The molecule has 8 heteroatoms. The highest BCUT2D eigenvalue weighted by molar-refractivity contribution is 7.18. The third kappa shape index (κ3) is 2.37. The van der Waals surface area contributed by atoms with Crippen LogP contribution in [0.5, 0.6) is 11.5 Å². The number of ether oxygens (including phenoxy) is 3. The number of carbonyl (C=O) groups excluding carboxylic acids is 1. The molecule has 0 fully saturated rings. The summed E-state index contributed by atoms with van der Waals surface area (Å²) in [5.41, 5.74) is 0.760. The van der Waals surface area contributed by atoms with Crippen molar-refractivity contribution >= 4 is 39.7 Å². The molecule has 1 aliphatic rings. The molecule has 1 N–H and O–H groups in total. The van der Waals surface area contributed by atoms with Crippen LogP contribution in [0.1, 0.15) is 9.67 Å². The van der Waals surface area contributed by atoms with Crippen LogP contribution in [0.25, 0.3) is 0 Å². The van der Waals surface area contributed by atoms with Gasteiger partial charge in [0.15, 0.2) is 26.7 Å². The summed E-state index contributed by atoms with van der Waals surface area (Å²) in [6.45, 7) is 0.217. The zero-order chi connectivity index (χ0) is 14.1. The number of carbonyl (C=O) groups is 1. The maximum absolute atomic E-state index is 11.5. The number of fused-ring (bicyclic) bond motifs is 1. The van der Waals surface area contributed by atoms with Crippen molar-refractivity contribution in [3.8, 4) is 11.5 Å². The average molecular weight is 313 g/mol. The van der Waals surface area contributed by atoms with Gasteiger partial charge >= 0.3 is 5.97 Å². The molecule has 3 rings (SSSR count). The lowest BCUT2D eigenvalue weighted by atomic mass is 10.3. The third-order valence-corrected chi connectivity index (χ3v) is 3.92. The van der Waals surface area contributed by atoms with E-state index in [2.05, 4.69) is 15.0 Å². The molecule has 6 nitrogen and oxygen atoms in total. The van der Waals surface area contributed by atoms with Gasteiger partial charge in [0, 0.05) is 11.8 Å². The van der Waals surface area contributed by atoms with Crippen LogP contribution in [0.15, 0.2) is 18.2 Å². The summed E-state index contributed by atoms with van der Waals surface area (Å²) in [6.07, 6.45) is 0. The van der Waals surface area contributed by atoms with Crippen molar-refractivity contribution < 1.29 is 19.0 Å². The van der Waals surface area contributed by atoms with Gasteiger partial charge < -0.3 is 19.5 Å². The van der Waals surface area contributed by atoms with Crippen molar-refractivity contribution in [3.63, 3.8) is 0 Å². The zero-order valence-electron chi connectivity index (χ0n) is 10.3. The number of rotatable bonds is 3. The van der Waals surface area contributed by atoms with Crippen molar-refractivity contribution in [3.05, 3.63) is 28.2 Å². The van der Waals surface area contributed by atoms with Crippen LogP contribution in [0, 0.1) is 0 Å². The minimum Gasteiger partial charge on any atom is -0.465 e. The Morgan fingerprint density at radius 2 is 2.25 bits per heavy atom. The highest BCUT2D eigenvalue weighted by atomic mass is 35.5. The standard InChI is InChI=1S/C12H9ClN2O4S/c1-17-11(16)9-10(13)15-12(20-9)14-6-2-3-7-8(4-6)19-5-18-7/h2-4H,5H2,1H3,(H,14,15). The van der Waals surface area contributed by atoms with E-state index in [1.165, 1.54) is 7.11 Å². The number of nitrogens with zero attached hydrogens (tertiary/aromatic N) is 1. The van der Waals surface area contributed by atoms with Crippen LogP contribution in [0.4, 0.5) is 10.8 Å². The molecule has 2 heterocycles. The molecule has 1 aliphatic heterocycles. The number of halogens is 1. The van der Waals surface area contributed by atoms with E-state index in [4.69, 9.17) is 21.1 Å². The average Bonchev–Trinajstić information content (AvgIpc) is 3.04. The fraction of sp³-hybridized carbons (Fsp3) is 0.167. The summed E-state index contributed by atoms with van der Waals surface area (Å²) in [7, 11) is 1.29. The number of thiazole rings is 1. The Balaban J connectivity index is 1.83. The normalized spacial score (nSPS) is 12.3. The quantitative estimate of drug-likeness (QED) is 0.878. The van der Waals surface area contributed by atoms with E-state index < -0.39 is 5.97 Å². The van der Waals surface area contributed by atoms with Gasteiger partial charge in [0.1, 0.15) is 0 Å². The summed E-state index contributed by atoms with van der Waals surface area (Å²) in [6, 6.07) is 5.40. The Kier molecular flexibility index (Phi) is 3.37. The Labute approximate surface area is 123 Å². The first-order valence-electron chi connectivity index (χ1n) is 5.58. The lowest BCUT2D eigenvalue weighted by Gasteiger charge is -2.03. The maximum Gasteiger partial charge on any atom is 0.351 e. The Hall–Kier alpha value is -1.99. The number of nitrogens with one attached hydrogen (secondary N) is 1. The lowest BCUT2D eigenvalue weighted by molar-refractivity contribution is 0.0606. The number of hydrogen-bond acceptors (Lipinski definition) is 7. The highest BCUT2D eigenvalue weighted by Crippen LogP contribution is 2.36. The van der Waals surface area contributed by atoms with Crippen LogP contribution in [0.2, 0.25) is 5.15 Å². The number of hydrogen-bond donors (Lipinski definition) is 1. The zero-order valence-corrected chi connectivity index (χ0v) is 11.9. The molecule has 2 aromatic rings. The van der Waals surface area contributed by atoms with Crippen molar-refractivity contribution in [2.75, 3.05) is 19.2 Å². The van der Waals surface area contributed by atoms with Crippen LogP contribution in [-0.4, -0.2) is 24.9 Å². The van der Waals surface area contributed by atoms with E-state index in [0.29, 0.717) is 16.6 Å². The van der Waals surface area contributed by atoms with E-state index in [1.807, 2.05) is 6.07 Å². The van der Waals surface area contributed by atoms with E-state index >= 15 is 0 Å². The van der Waals surface area contributed by atoms with E-state index in [0.717, 1.165) is 17.0 Å². The molecule has 0 aliphatic carbocycles. The van der Waals surface area contributed by atoms with E-state index in [-0.39, 0.29) is 16.8 Å². The predicted octanol–water partition coefficient (Wildman–Crippen LogP) is 3.06. The molecule has 1 aromatic heterocycles. The molecule has 0 atom stereocenters. The summed E-state index contributed by atoms with van der Waals surface area (Å²) < 4.78 is 15.1. The molecule has 0 bridgehead atoms. The lowest BCUT2D eigenvalue weighted by Crippen LogP contribution is -1.98. The smallest absolute Gasteiger partial charge is 0.351 e. The number of methoxy groups -OCH3 is 1. The monoisotopic (exact) mass is 312 g/mol. The van der Waals surface area contributed by atoms with Crippen LogP contribution < -0.4 is 14.8 Å². The summed E-state index contributed by atoms with van der Waals surface area (Å²) in [4.78, 5) is 15.8. The van der Waals surface area contributed by atoms with Crippen molar-refractivity contribution in [1.82, 2.24) is 4.98 Å². The van der Waals surface area contributed by atoms with Crippen LogP contribution in [0.3, 0.4) is 0 Å². The van der Waals surface area contributed by atoms with Crippen molar-refractivity contribution in [2.45, 2.75) is 0 Å². The molecule has 1 aromatic carbocycles. The fourth-order valence-electron chi connectivity index (χ4n) is 1.67. The van der Waals surface area contributed by atoms with Gasteiger partial charge in [-0.25, -0.2) is 9.78 Å². The number of esters is 1. The van der Waals surface area contributed by atoms with Gasteiger partial charge in [0.2, 0.25) is 6.79 Å². The second-order valence-electron chi connectivity index (χ2n) is 3.82. The SMILES string of the molecule is COC(=O)c1sc(Nc2ccc3c(c2)OCO3)nc1Cl. The molecule has 20 heavy (non-hydrogen) atoms.